The summed E-state index contributed by atoms with van der Waals surface area (Å²) in [7, 11) is 0. The van der Waals surface area contributed by atoms with Crippen LogP contribution in [0.2, 0.25) is 5.02 Å². The van der Waals surface area contributed by atoms with Crippen LogP contribution in [0.25, 0.3) is 5.65 Å². The highest BCUT2D eigenvalue weighted by molar-refractivity contribution is 6.30. The second kappa shape index (κ2) is 7.28. The first-order chi connectivity index (χ1) is 13.1. The Morgan fingerprint density at radius 1 is 1.15 bits per heavy atom. The van der Waals surface area contributed by atoms with Crippen molar-refractivity contribution in [3.05, 3.63) is 69.2 Å². The number of carbonyl (C=O) groups is 1. The number of fused-ring (bicyclic) bond motifs is 2. The quantitative estimate of drug-likeness (QED) is 0.644. The molecule has 0 N–H and O–H groups in total. The normalized spacial score (nSPS) is 13.2. The van der Waals surface area contributed by atoms with Gasteiger partial charge in [-0.1, -0.05) is 11.6 Å². The fourth-order valence-corrected chi connectivity index (χ4v) is 2.87. The van der Waals surface area contributed by atoms with E-state index in [1.807, 2.05) is 0 Å². The lowest BCUT2D eigenvalue weighted by molar-refractivity contribution is 0.0467. The summed E-state index contributed by atoms with van der Waals surface area (Å²) < 4.78 is 17.7. The third-order valence-corrected chi connectivity index (χ3v) is 4.23. The zero-order valence-electron chi connectivity index (χ0n) is 14.2. The highest BCUT2D eigenvalue weighted by Crippen LogP contribution is 2.30. The van der Waals surface area contributed by atoms with Crippen molar-refractivity contribution in [2.45, 2.75) is 13.0 Å². The molecule has 8 heteroatoms. The third kappa shape index (κ3) is 3.73. The first-order valence-electron chi connectivity index (χ1n) is 8.35. The van der Waals surface area contributed by atoms with Gasteiger partial charge >= 0.3 is 5.97 Å². The molecular weight excluding hydrogens is 372 g/mol. The second-order valence-corrected chi connectivity index (χ2v) is 6.39. The van der Waals surface area contributed by atoms with Gasteiger partial charge in [0.1, 0.15) is 12.3 Å². The van der Waals surface area contributed by atoms with Crippen LogP contribution in [0.5, 0.6) is 11.5 Å². The number of hydrogen-bond donors (Lipinski definition) is 0. The Morgan fingerprint density at radius 2 is 1.96 bits per heavy atom. The van der Waals surface area contributed by atoms with Gasteiger partial charge in [-0.15, -0.1) is 0 Å². The van der Waals surface area contributed by atoms with Gasteiger partial charge < -0.3 is 14.2 Å². The molecule has 3 heterocycles. The molecule has 1 aromatic carbocycles. The van der Waals surface area contributed by atoms with Crippen molar-refractivity contribution < 1.29 is 19.0 Å². The van der Waals surface area contributed by atoms with E-state index in [2.05, 4.69) is 4.98 Å². The van der Waals surface area contributed by atoms with Gasteiger partial charge in [-0.3, -0.25) is 9.20 Å². The summed E-state index contributed by atoms with van der Waals surface area (Å²) in [6, 6.07) is 9.45. The molecule has 0 bridgehead atoms. The predicted octanol–water partition coefficient (Wildman–Crippen LogP) is 2.87. The van der Waals surface area contributed by atoms with Crippen molar-refractivity contribution >= 4 is 23.2 Å². The van der Waals surface area contributed by atoms with Crippen LogP contribution in [0.1, 0.15) is 22.5 Å². The van der Waals surface area contributed by atoms with Crippen molar-refractivity contribution in [1.29, 1.82) is 0 Å². The van der Waals surface area contributed by atoms with Gasteiger partial charge in [0.25, 0.3) is 5.56 Å². The number of hydrogen-bond acceptors (Lipinski definition) is 6. The van der Waals surface area contributed by atoms with E-state index in [-0.39, 0.29) is 12.2 Å². The molecule has 138 valence electrons. The molecule has 0 aliphatic carbocycles. The number of benzene rings is 1. The zero-order valence-corrected chi connectivity index (χ0v) is 14.9. The molecule has 1 aliphatic rings. The molecule has 0 radical (unpaired) electrons. The summed E-state index contributed by atoms with van der Waals surface area (Å²) >= 11 is 5.89. The average molecular weight is 387 g/mol. The van der Waals surface area contributed by atoms with Gasteiger partial charge in [0.15, 0.2) is 11.5 Å². The Morgan fingerprint density at radius 3 is 2.81 bits per heavy atom. The minimum atomic E-state index is -0.538. The molecule has 0 amide bonds. The topological polar surface area (TPSA) is 79.1 Å². The summed E-state index contributed by atoms with van der Waals surface area (Å²) in [6.45, 7) is 0.979. The molecular formula is C19H15ClN2O5. The van der Waals surface area contributed by atoms with Crippen LogP contribution in [0, 0.1) is 0 Å². The predicted molar refractivity (Wildman–Crippen MR) is 97.6 cm³/mol. The number of aromatic nitrogens is 2. The van der Waals surface area contributed by atoms with E-state index < -0.39 is 5.97 Å². The van der Waals surface area contributed by atoms with Crippen LogP contribution >= 0.6 is 11.6 Å². The second-order valence-electron chi connectivity index (χ2n) is 5.95. The molecule has 0 spiro atoms. The molecule has 27 heavy (non-hydrogen) atoms. The Balaban J connectivity index is 1.51. The van der Waals surface area contributed by atoms with Crippen LogP contribution < -0.4 is 15.0 Å². The zero-order chi connectivity index (χ0) is 18.8. The van der Waals surface area contributed by atoms with E-state index in [1.165, 1.54) is 16.7 Å². The molecule has 0 saturated carbocycles. The number of ether oxygens (including phenoxy) is 3. The Kier molecular flexibility index (Phi) is 4.68. The summed E-state index contributed by atoms with van der Waals surface area (Å²) in [5.74, 6) is 0.580. The van der Waals surface area contributed by atoms with Crippen molar-refractivity contribution in [2.24, 2.45) is 0 Å². The lowest BCUT2D eigenvalue weighted by atomic mass is 10.2. The largest absolute Gasteiger partial charge is 0.490 e. The number of esters is 1. The SMILES string of the molecule is O=C(OCc1cc(=O)n2cc(Cl)ccc2n1)c1ccc2c(c1)OCCCO2. The van der Waals surface area contributed by atoms with Gasteiger partial charge in [-0.05, 0) is 30.3 Å². The standard InChI is InChI=1S/C19H15ClN2O5/c20-13-3-5-17-21-14(9-18(23)22(17)10-13)11-27-19(24)12-2-4-15-16(8-12)26-7-1-6-25-15/h2-5,8-10H,1,6-7,11H2. The number of carbonyl (C=O) groups excluding carboxylic acids is 1. The lowest BCUT2D eigenvalue weighted by Gasteiger charge is -2.09. The molecule has 1 aliphatic heterocycles. The summed E-state index contributed by atoms with van der Waals surface area (Å²) in [4.78, 5) is 28.8. The Bertz CT molecular complexity index is 1080. The van der Waals surface area contributed by atoms with Crippen LogP contribution in [0.4, 0.5) is 0 Å². The maximum Gasteiger partial charge on any atom is 0.338 e. The molecule has 0 unspecified atom stereocenters. The summed E-state index contributed by atoms with van der Waals surface area (Å²) in [5, 5.41) is 0.431. The number of rotatable bonds is 3. The Hall–Kier alpha value is -3.06. The van der Waals surface area contributed by atoms with E-state index in [0.29, 0.717) is 46.6 Å². The molecule has 3 aromatic rings. The van der Waals surface area contributed by atoms with Crippen LogP contribution in [-0.4, -0.2) is 28.6 Å². The first kappa shape index (κ1) is 17.4. The third-order valence-electron chi connectivity index (χ3n) is 4.01. The molecule has 0 atom stereocenters. The Labute approximate surface area is 159 Å². The van der Waals surface area contributed by atoms with Crippen molar-refractivity contribution in [3.8, 4) is 11.5 Å². The van der Waals surface area contributed by atoms with Crippen LogP contribution in [0.3, 0.4) is 0 Å². The van der Waals surface area contributed by atoms with Gasteiger partial charge in [0.05, 0.1) is 29.5 Å². The highest BCUT2D eigenvalue weighted by atomic mass is 35.5. The van der Waals surface area contributed by atoms with E-state index in [9.17, 15) is 9.59 Å². The highest BCUT2D eigenvalue weighted by Gasteiger charge is 2.15. The maximum atomic E-state index is 12.3. The monoisotopic (exact) mass is 386 g/mol. The summed E-state index contributed by atoms with van der Waals surface area (Å²) in [6.07, 6.45) is 2.27. The minimum Gasteiger partial charge on any atom is -0.490 e. The molecule has 0 fully saturated rings. The van der Waals surface area contributed by atoms with Gasteiger partial charge in [0.2, 0.25) is 0 Å². The number of nitrogens with zero attached hydrogens (tertiary/aromatic N) is 2. The van der Waals surface area contributed by atoms with Crippen molar-refractivity contribution in [1.82, 2.24) is 9.38 Å². The van der Waals surface area contributed by atoms with Gasteiger partial charge in [-0.25, -0.2) is 9.78 Å². The van der Waals surface area contributed by atoms with E-state index in [4.69, 9.17) is 25.8 Å². The van der Waals surface area contributed by atoms with Crippen molar-refractivity contribution in [2.75, 3.05) is 13.2 Å². The van der Waals surface area contributed by atoms with E-state index in [0.717, 1.165) is 6.42 Å². The van der Waals surface area contributed by atoms with Gasteiger partial charge in [-0.2, -0.15) is 0 Å². The maximum absolute atomic E-state index is 12.3. The first-order valence-corrected chi connectivity index (χ1v) is 8.72. The van der Waals surface area contributed by atoms with E-state index >= 15 is 0 Å². The average Bonchev–Trinajstić information content (AvgIpc) is 2.91. The molecule has 2 aromatic heterocycles. The fourth-order valence-electron chi connectivity index (χ4n) is 2.71. The minimum absolute atomic E-state index is 0.123. The fraction of sp³-hybridized carbons (Fsp3) is 0.211. The van der Waals surface area contributed by atoms with Crippen LogP contribution in [-0.2, 0) is 11.3 Å². The number of pyridine rings is 1. The lowest BCUT2D eigenvalue weighted by Crippen LogP contribution is -2.16. The van der Waals surface area contributed by atoms with Crippen molar-refractivity contribution in [3.63, 3.8) is 0 Å². The van der Waals surface area contributed by atoms with E-state index in [1.54, 1.807) is 30.3 Å². The molecule has 4 rings (SSSR count). The van der Waals surface area contributed by atoms with Gasteiger partial charge in [0, 0.05) is 18.7 Å². The molecule has 0 saturated heterocycles. The number of halogens is 1. The molecule has 7 nitrogen and oxygen atoms in total. The summed E-state index contributed by atoms with van der Waals surface area (Å²) in [5.41, 5.74) is 0.811. The smallest absolute Gasteiger partial charge is 0.338 e. The van der Waals surface area contributed by atoms with Crippen LogP contribution in [0.15, 0.2) is 47.4 Å².